The van der Waals surface area contributed by atoms with Crippen LogP contribution in [-0.4, -0.2) is 30.2 Å². The summed E-state index contributed by atoms with van der Waals surface area (Å²) in [5.41, 5.74) is 16.6. The number of nitrogens with two attached hydrogens (primary N) is 3. The molecular weight excluding hydrogens is 202 g/mol. The predicted octanol–water partition coefficient (Wildman–Crippen LogP) is 0.547. The van der Waals surface area contributed by atoms with E-state index in [1.165, 1.54) is 44.9 Å². The van der Waals surface area contributed by atoms with Crippen LogP contribution in [0.25, 0.3) is 0 Å². The monoisotopic (exact) mass is 227 g/mol. The summed E-state index contributed by atoms with van der Waals surface area (Å²) in [6.45, 7) is 0. The van der Waals surface area contributed by atoms with Gasteiger partial charge in [0.15, 0.2) is 12.2 Å². The van der Waals surface area contributed by atoms with Crippen molar-refractivity contribution in [2.45, 2.75) is 57.3 Å². The first-order valence-electron chi connectivity index (χ1n) is 6.17. The van der Waals surface area contributed by atoms with Crippen LogP contribution >= 0.6 is 0 Å². The minimum absolute atomic E-state index is 0.0604. The van der Waals surface area contributed by atoms with Crippen molar-refractivity contribution in [2.24, 2.45) is 22.2 Å². The molecule has 0 radical (unpaired) electrons. The average Bonchev–Trinajstić information content (AvgIpc) is 2.15. The maximum atomic E-state index is 5.92. The van der Waals surface area contributed by atoms with Crippen molar-refractivity contribution in [3.05, 3.63) is 0 Å². The number of guanidine groups is 1. The summed E-state index contributed by atoms with van der Waals surface area (Å²) in [4.78, 5) is 6.07. The van der Waals surface area contributed by atoms with Crippen LogP contribution < -0.4 is 17.2 Å². The van der Waals surface area contributed by atoms with Crippen LogP contribution in [0.5, 0.6) is 0 Å². The van der Waals surface area contributed by atoms with E-state index >= 15 is 0 Å². The number of aliphatic imine (C=N–C) groups is 1. The second-order valence-electron chi connectivity index (χ2n) is 4.63. The van der Waals surface area contributed by atoms with Crippen LogP contribution in [0.2, 0.25) is 0 Å². The topological polar surface area (TPSA) is 93.7 Å². The first-order valence-corrected chi connectivity index (χ1v) is 6.17. The Hall–Kier alpha value is -0.810. The van der Waals surface area contributed by atoms with Crippen LogP contribution in [0.3, 0.4) is 0 Å². The Kier molecular flexibility index (Phi) is 5.55. The molecule has 5 heteroatoms. The predicted molar refractivity (Wildman–Crippen MR) is 67.7 cm³/mol. The third kappa shape index (κ3) is 4.37. The standard InChI is InChI=1S/C11H25N5/c1-16(11(14)15-10(12)13)9-7-5-3-2-4-6-8-9/h9,11H,2-8,14H2,1H3,(H4,12,13,15). The van der Waals surface area contributed by atoms with E-state index < -0.39 is 6.29 Å². The highest BCUT2D eigenvalue weighted by Crippen LogP contribution is 2.21. The van der Waals surface area contributed by atoms with Crippen LogP contribution in [0.15, 0.2) is 4.99 Å². The summed E-state index contributed by atoms with van der Waals surface area (Å²) in [7, 11) is 2.00. The summed E-state index contributed by atoms with van der Waals surface area (Å²) >= 11 is 0. The molecule has 1 saturated carbocycles. The molecule has 0 bridgehead atoms. The fraction of sp³-hybridized carbons (Fsp3) is 0.909. The molecule has 0 aromatic carbocycles. The van der Waals surface area contributed by atoms with E-state index in [0.717, 1.165) is 0 Å². The van der Waals surface area contributed by atoms with Crippen molar-refractivity contribution in [1.82, 2.24) is 4.90 Å². The summed E-state index contributed by atoms with van der Waals surface area (Å²) < 4.78 is 0. The minimum Gasteiger partial charge on any atom is -0.370 e. The molecule has 1 fully saturated rings. The number of hydrogen-bond acceptors (Lipinski definition) is 3. The smallest absolute Gasteiger partial charge is 0.188 e. The number of nitrogens with zero attached hydrogens (tertiary/aromatic N) is 2. The third-order valence-electron chi connectivity index (χ3n) is 3.35. The molecule has 6 N–H and O–H groups in total. The van der Waals surface area contributed by atoms with Gasteiger partial charge in [-0.15, -0.1) is 0 Å². The largest absolute Gasteiger partial charge is 0.370 e. The second-order valence-corrected chi connectivity index (χ2v) is 4.63. The van der Waals surface area contributed by atoms with Gasteiger partial charge >= 0.3 is 0 Å². The van der Waals surface area contributed by atoms with Crippen molar-refractivity contribution in [3.8, 4) is 0 Å². The molecule has 1 rings (SSSR count). The molecule has 0 aromatic heterocycles. The molecule has 5 nitrogen and oxygen atoms in total. The molecule has 1 atom stereocenters. The van der Waals surface area contributed by atoms with Gasteiger partial charge in [0.2, 0.25) is 0 Å². The van der Waals surface area contributed by atoms with Crippen LogP contribution in [0.4, 0.5) is 0 Å². The highest BCUT2D eigenvalue weighted by Gasteiger charge is 2.20. The lowest BCUT2D eigenvalue weighted by Gasteiger charge is -2.32. The molecule has 0 heterocycles. The first kappa shape index (κ1) is 13.3. The van der Waals surface area contributed by atoms with Gasteiger partial charge in [0.05, 0.1) is 0 Å². The number of rotatable bonds is 3. The average molecular weight is 227 g/mol. The third-order valence-corrected chi connectivity index (χ3v) is 3.35. The normalized spacial score (nSPS) is 21.2. The first-order chi connectivity index (χ1) is 7.61. The van der Waals surface area contributed by atoms with Crippen molar-refractivity contribution < 1.29 is 0 Å². The zero-order valence-electron chi connectivity index (χ0n) is 10.2. The Morgan fingerprint density at radius 1 is 1.12 bits per heavy atom. The molecule has 16 heavy (non-hydrogen) atoms. The number of hydrogen-bond donors (Lipinski definition) is 3. The van der Waals surface area contributed by atoms with Gasteiger partial charge in [-0.25, -0.2) is 4.99 Å². The highest BCUT2D eigenvalue weighted by molar-refractivity contribution is 5.75. The maximum absolute atomic E-state index is 5.92. The summed E-state index contributed by atoms with van der Waals surface area (Å²) in [6, 6.07) is 0.512. The van der Waals surface area contributed by atoms with Gasteiger partial charge in [0, 0.05) is 6.04 Å². The zero-order valence-corrected chi connectivity index (χ0v) is 10.2. The van der Waals surface area contributed by atoms with Gasteiger partial charge in [-0.05, 0) is 19.9 Å². The van der Waals surface area contributed by atoms with E-state index in [1.54, 1.807) is 0 Å². The van der Waals surface area contributed by atoms with E-state index in [1.807, 2.05) is 7.05 Å². The van der Waals surface area contributed by atoms with E-state index in [0.29, 0.717) is 6.04 Å². The lowest BCUT2D eigenvalue weighted by Crippen LogP contribution is -2.46. The maximum Gasteiger partial charge on any atom is 0.188 e. The van der Waals surface area contributed by atoms with Gasteiger partial charge < -0.3 is 11.5 Å². The Morgan fingerprint density at radius 2 is 1.62 bits per heavy atom. The van der Waals surface area contributed by atoms with E-state index in [4.69, 9.17) is 17.2 Å². The van der Waals surface area contributed by atoms with E-state index in [-0.39, 0.29) is 5.96 Å². The lowest BCUT2D eigenvalue weighted by molar-refractivity contribution is 0.153. The summed E-state index contributed by atoms with van der Waals surface area (Å²) in [5, 5.41) is 0. The van der Waals surface area contributed by atoms with E-state index in [9.17, 15) is 0 Å². The SMILES string of the molecule is CN(C1CCCCCCC1)C(N)N=C(N)N. The van der Waals surface area contributed by atoms with Crippen LogP contribution in [0.1, 0.15) is 44.9 Å². The molecule has 1 aliphatic rings. The molecule has 1 aliphatic carbocycles. The summed E-state index contributed by atoms with van der Waals surface area (Å²) in [6.07, 6.45) is 8.59. The molecule has 0 saturated heterocycles. The molecule has 1 unspecified atom stereocenters. The summed E-state index contributed by atoms with van der Waals surface area (Å²) in [5.74, 6) is 0.0604. The van der Waals surface area contributed by atoms with Gasteiger partial charge in [-0.1, -0.05) is 32.1 Å². The molecule has 0 aromatic rings. The van der Waals surface area contributed by atoms with Gasteiger partial charge in [-0.3, -0.25) is 10.6 Å². The van der Waals surface area contributed by atoms with Gasteiger partial charge in [0.25, 0.3) is 0 Å². The molecule has 0 spiro atoms. The Balaban J connectivity index is 2.49. The van der Waals surface area contributed by atoms with Crippen molar-refractivity contribution >= 4 is 5.96 Å². The molecule has 0 amide bonds. The van der Waals surface area contributed by atoms with Crippen LogP contribution in [-0.2, 0) is 0 Å². The second kappa shape index (κ2) is 6.70. The molecular formula is C11H25N5. The van der Waals surface area contributed by atoms with Gasteiger partial charge in [-0.2, -0.15) is 0 Å². The molecule has 94 valence electrons. The van der Waals surface area contributed by atoms with Crippen molar-refractivity contribution in [2.75, 3.05) is 7.05 Å². The highest BCUT2D eigenvalue weighted by atomic mass is 15.3. The van der Waals surface area contributed by atoms with Crippen LogP contribution in [0, 0.1) is 0 Å². The Morgan fingerprint density at radius 3 is 2.12 bits per heavy atom. The lowest BCUT2D eigenvalue weighted by atomic mass is 9.96. The van der Waals surface area contributed by atoms with Crippen molar-refractivity contribution in [1.29, 1.82) is 0 Å². The minimum atomic E-state index is -0.408. The fourth-order valence-corrected chi connectivity index (χ4v) is 2.30. The Bertz CT molecular complexity index is 216. The Labute approximate surface area is 98.1 Å². The van der Waals surface area contributed by atoms with Gasteiger partial charge in [0.1, 0.15) is 0 Å². The zero-order chi connectivity index (χ0) is 12.0. The fourth-order valence-electron chi connectivity index (χ4n) is 2.30. The van der Waals surface area contributed by atoms with Crippen molar-refractivity contribution in [3.63, 3.8) is 0 Å². The quantitative estimate of drug-likeness (QED) is 0.373. The van der Waals surface area contributed by atoms with E-state index in [2.05, 4.69) is 9.89 Å². The molecule has 0 aliphatic heterocycles.